The molecule has 4 heteroatoms. The van der Waals surface area contributed by atoms with E-state index < -0.39 is 0 Å². The van der Waals surface area contributed by atoms with Crippen LogP contribution in [0.5, 0.6) is 0 Å². The summed E-state index contributed by atoms with van der Waals surface area (Å²) in [4.78, 5) is 4.46. The number of ether oxygens (including phenoxy) is 1. The van der Waals surface area contributed by atoms with Crippen molar-refractivity contribution in [2.24, 2.45) is 0 Å². The average Bonchev–Trinajstić information content (AvgIpc) is 2.75. The van der Waals surface area contributed by atoms with E-state index in [0.717, 1.165) is 26.2 Å². The number of imidazole rings is 1. The molecule has 84 valence electrons. The second-order valence-corrected chi connectivity index (χ2v) is 4.01. The molecule has 0 bridgehead atoms. The molecule has 1 aliphatic heterocycles. The van der Waals surface area contributed by atoms with Gasteiger partial charge in [0.15, 0.2) is 0 Å². The quantitative estimate of drug-likeness (QED) is 0.804. The van der Waals surface area contributed by atoms with Gasteiger partial charge in [0.1, 0.15) is 5.82 Å². The number of methoxy groups -OCH3 is 1. The van der Waals surface area contributed by atoms with Gasteiger partial charge in [0.05, 0.1) is 6.61 Å². The van der Waals surface area contributed by atoms with Crippen molar-refractivity contribution in [1.82, 2.24) is 14.9 Å². The summed E-state index contributed by atoms with van der Waals surface area (Å²) in [7, 11) is 1.73. The zero-order valence-corrected chi connectivity index (χ0v) is 9.28. The highest BCUT2D eigenvalue weighted by molar-refractivity contribution is 5.02. The summed E-state index contributed by atoms with van der Waals surface area (Å²) < 4.78 is 7.30. The van der Waals surface area contributed by atoms with E-state index >= 15 is 0 Å². The monoisotopic (exact) mass is 209 g/mol. The largest absolute Gasteiger partial charge is 0.383 e. The lowest BCUT2D eigenvalue weighted by atomic mass is 9.99. The van der Waals surface area contributed by atoms with E-state index in [1.54, 1.807) is 7.11 Å². The summed E-state index contributed by atoms with van der Waals surface area (Å²) in [5, 5.41) is 3.42. The molecule has 1 N–H and O–H groups in total. The Hall–Kier alpha value is -0.870. The van der Waals surface area contributed by atoms with Crippen LogP contribution in [0.4, 0.5) is 0 Å². The number of hydrogen-bond donors (Lipinski definition) is 1. The maximum Gasteiger partial charge on any atom is 0.113 e. The molecule has 0 aromatic carbocycles. The van der Waals surface area contributed by atoms with Gasteiger partial charge >= 0.3 is 0 Å². The van der Waals surface area contributed by atoms with Crippen molar-refractivity contribution in [2.45, 2.75) is 25.3 Å². The highest BCUT2D eigenvalue weighted by atomic mass is 16.5. The molecule has 0 unspecified atom stereocenters. The zero-order chi connectivity index (χ0) is 10.5. The average molecular weight is 209 g/mol. The van der Waals surface area contributed by atoms with Crippen LogP contribution in [0.3, 0.4) is 0 Å². The van der Waals surface area contributed by atoms with Crippen LogP contribution in [0.25, 0.3) is 0 Å². The minimum absolute atomic E-state index is 0.575. The third-order valence-corrected chi connectivity index (χ3v) is 2.95. The van der Waals surface area contributed by atoms with Crippen LogP contribution in [0.15, 0.2) is 12.4 Å². The molecule has 1 atom stereocenters. The summed E-state index contributed by atoms with van der Waals surface area (Å²) >= 11 is 0. The van der Waals surface area contributed by atoms with E-state index in [9.17, 15) is 0 Å². The molecule has 0 aliphatic carbocycles. The molecule has 1 aliphatic rings. The second-order valence-electron chi connectivity index (χ2n) is 4.01. The number of rotatable bonds is 4. The predicted molar refractivity (Wildman–Crippen MR) is 58.9 cm³/mol. The maximum atomic E-state index is 5.09. The fraction of sp³-hybridized carbons (Fsp3) is 0.727. The van der Waals surface area contributed by atoms with Crippen molar-refractivity contribution in [3.8, 4) is 0 Å². The molecular weight excluding hydrogens is 190 g/mol. The van der Waals surface area contributed by atoms with Crippen LogP contribution in [-0.2, 0) is 11.3 Å². The Morgan fingerprint density at radius 1 is 1.67 bits per heavy atom. The van der Waals surface area contributed by atoms with Gasteiger partial charge in [0.25, 0.3) is 0 Å². The standard InChI is InChI=1S/C11H19N3O/c1-15-8-7-14-6-5-13-11(14)10-3-2-4-12-9-10/h5-6,10,12H,2-4,7-9H2,1H3/t10-/m1/s1. The molecule has 1 aromatic rings. The molecule has 0 radical (unpaired) electrons. The summed E-state index contributed by atoms with van der Waals surface area (Å²) in [5.41, 5.74) is 0. The Kier molecular flexibility index (Phi) is 3.75. The molecule has 2 rings (SSSR count). The molecule has 0 saturated carbocycles. The van der Waals surface area contributed by atoms with E-state index in [0.29, 0.717) is 5.92 Å². The van der Waals surface area contributed by atoms with Crippen LogP contribution < -0.4 is 5.32 Å². The van der Waals surface area contributed by atoms with Crippen molar-refractivity contribution in [1.29, 1.82) is 0 Å². The highest BCUT2D eigenvalue weighted by Crippen LogP contribution is 2.21. The van der Waals surface area contributed by atoms with Crippen LogP contribution in [0.1, 0.15) is 24.6 Å². The summed E-state index contributed by atoms with van der Waals surface area (Å²) in [6, 6.07) is 0. The number of nitrogens with zero attached hydrogens (tertiary/aromatic N) is 2. The van der Waals surface area contributed by atoms with Gasteiger partial charge < -0.3 is 14.6 Å². The fourth-order valence-corrected chi connectivity index (χ4v) is 2.13. The zero-order valence-electron chi connectivity index (χ0n) is 9.28. The molecule has 15 heavy (non-hydrogen) atoms. The van der Waals surface area contributed by atoms with Gasteiger partial charge in [-0.05, 0) is 19.4 Å². The van der Waals surface area contributed by atoms with Gasteiger partial charge in [-0.25, -0.2) is 4.98 Å². The predicted octanol–water partition coefficient (Wildman–Crippen LogP) is 0.996. The first-order chi connectivity index (χ1) is 7.42. The minimum Gasteiger partial charge on any atom is -0.383 e. The molecule has 2 heterocycles. The third-order valence-electron chi connectivity index (χ3n) is 2.95. The normalized spacial score (nSPS) is 21.8. The van der Waals surface area contributed by atoms with Crippen molar-refractivity contribution in [3.05, 3.63) is 18.2 Å². The van der Waals surface area contributed by atoms with Crippen molar-refractivity contribution >= 4 is 0 Å². The Morgan fingerprint density at radius 3 is 3.33 bits per heavy atom. The van der Waals surface area contributed by atoms with E-state index in [1.165, 1.54) is 18.7 Å². The van der Waals surface area contributed by atoms with Crippen LogP contribution in [-0.4, -0.2) is 36.4 Å². The number of nitrogens with one attached hydrogen (secondary N) is 1. The molecule has 4 nitrogen and oxygen atoms in total. The minimum atomic E-state index is 0.575. The van der Waals surface area contributed by atoms with Crippen LogP contribution >= 0.6 is 0 Å². The molecule has 1 aromatic heterocycles. The Labute approximate surface area is 90.6 Å². The van der Waals surface area contributed by atoms with E-state index in [-0.39, 0.29) is 0 Å². The fourth-order valence-electron chi connectivity index (χ4n) is 2.13. The Morgan fingerprint density at radius 2 is 2.60 bits per heavy atom. The summed E-state index contributed by atoms with van der Waals surface area (Å²) in [6.07, 6.45) is 6.43. The van der Waals surface area contributed by atoms with E-state index in [2.05, 4.69) is 14.9 Å². The van der Waals surface area contributed by atoms with Gasteiger partial charge in [-0.3, -0.25) is 0 Å². The van der Waals surface area contributed by atoms with Gasteiger partial charge in [0, 0.05) is 38.5 Å². The topological polar surface area (TPSA) is 39.1 Å². The first-order valence-electron chi connectivity index (χ1n) is 5.62. The summed E-state index contributed by atoms with van der Waals surface area (Å²) in [5.74, 6) is 1.78. The molecule has 1 fully saturated rings. The van der Waals surface area contributed by atoms with Crippen molar-refractivity contribution in [3.63, 3.8) is 0 Å². The van der Waals surface area contributed by atoms with Crippen molar-refractivity contribution in [2.75, 3.05) is 26.8 Å². The smallest absolute Gasteiger partial charge is 0.113 e. The van der Waals surface area contributed by atoms with Gasteiger partial charge in [-0.2, -0.15) is 0 Å². The Bertz CT molecular complexity index is 292. The number of piperidine rings is 1. The van der Waals surface area contributed by atoms with Crippen LogP contribution in [0, 0.1) is 0 Å². The van der Waals surface area contributed by atoms with E-state index in [4.69, 9.17) is 4.74 Å². The molecule has 0 amide bonds. The number of aromatic nitrogens is 2. The maximum absolute atomic E-state index is 5.09. The Balaban J connectivity index is 2.02. The van der Waals surface area contributed by atoms with Crippen molar-refractivity contribution < 1.29 is 4.74 Å². The molecule has 1 saturated heterocycles. The first-order valence-corrected chi connectivity index (χ1v) is 5.62. The molecule has 0 spiro atoms. The third kappa shape index (κ3) is 2.58. The highest BCUT2D eigenvalue weighted by Gasteiger charge is 2.19. The summed E-state index contributed by atoms with van der Waals surface area (Å²) in [6.45, 7) is 3.87. The van der Waals surface area contributed by atoms with E-state index in [1.807, 2.05) is 12.4 Å². The first kappa shape index (κ1) is 10.6. The lowest BCUT2D eigenvalue weighted by molar-refractivity contribution is 0.185. The SMILES string of the molecule is COCCn1ccnc1[C@@H]1CCCNC1. The lowest BCUT2D eigenvalue weighted by Crippen LogP contribution is -2.30. The number of hydrogen-bond acceptors (Lipinski definition) is 3. The van der Waals surface area contributed by atoms with Gasteiger partial charge in [0.2, 0.25) is 0 Å². The van der Waals surface area contributed by atoms with Crippen LogP contribution in [0.2, 0.25) is 0 Å². The lowest BCUT2D eigenvalue weighted by Gasteiger charge is -2.23. The van der Waals surface area contributed by atoms with Gasteiger partial charge in [-0.1, -0.05) is 0 Å². The van der Waals surface area contributed by atoms with Gasteiger partial charge in [-0.15, -0.1) is 0 Å². The molecular formula is C11H19N3O. The second kappa shape index (κ2) is 5.28.